The van der Waals surface area contributed by atoms with E-state index in [2.05, 4.69) is 6.08 Å². The Morgan fingerprint density at radius 2 is 2.00 bits per heavy atom. The van der Waals surface area contributed by atoms with Crippen molar-refractivity contribution in [3.63, 3.8) is 0 Å². The van der Waals surface area contributed by atoms with Crippen molar-refractivity contribution in [3.8, 4) is 0 Å². The van der Waals surface area contributed by atoms with Crippen molar-refractivity contribution in [1.29, 1.82) is 0 Å². The summed E-state index contributed by atoms with van der Waals surface area (Å²) in [6.45, 7) is 3.27. The van der Waals surface area contributed by atoms with Crippen LogP contribution in [-0.2, 0) is 20.9 Å². The molecule has 0 spiro atoms. The molecule has 1 amide bonds. The van der Waals surface area contributed by atoms with Gasteiger partial charge in [-0.05, 0) is 24.8 Å². The van der Waals surface area contributed by atoms with Crippen LogP contribution in [0.1, 0.15) is 31.7 Å². The topological polar surface area (TPSA) is 81.9 Å². The highest BCUT2D eigenvalue weighted by molar-refractivity contribution is 5.73. The van der Waals surface area contributed by atoms with Gasteiger partial charge in [0.1, 0.15) is 6.61 Å². The molecule has 0 unspecified atom stereocenters. The molecule has 2 N–H and O–H groups in total. The van der Waals surface area contributed by atoms with E-state index in [1.807, 2.05) is 37.3 Å². The van der Waals surface area contributed by atoms with Gasteiger partial charge in [-0.1, -0.05) is 48.9 Å². The molecular weight excluding hydrogens is 332 g/mol. The summed E-state index contributed by atoms with van der Waals surface area (Å²) in [5.74, 6) is -0.694. The van der Waals surface area contributed by atoms with E-state index < -0.39 is 5.92 Å². The molecule has 142 valence electrons. The van der Waals surface area contributed by atoms with Crippen LogP contribution in [-0.4, -0.2) is 43.2 Å². The molecule has 1 aromatic rings. The lowest BCUT2D eigenvalue weighted by molar-refractivity contribution is -0.146. The fraction of sp³-hybridized carbons (Fsp3) is 0.500. The van der Waals surface area contributed by atoms with E-state index in [4.69, 9.17) is 15.2 Å². The minimum absolute atomic E-state index is 0.251. The molecule has 6 nitrogen and oxygen atoms in total. The highest BCUT2D eigenvalue weighted by Gasteiger charge is 2.28. The minimum atomic E-state index is -0.392. The summed E-state index contributed by atoms with van der Waals surface area (Å²) in [5, 5.41) is 0. The normalized spacial score (nSPS) is 16.4. The maximum Gasteiger partial charge on any atom is 0.410 e. The lowest BCUT2D eigenvalue weighted by Crippen LogP contribution is -2.40. The van der Waals surface area contributed by atoms with Crippen LogP contribution in [0.15, 0.2) is 42.0 Å². The molecular formula is C20H28N2O4. The molecule has 2 atom stereocenters. The average Bonchev–Trinajstić information content (AvgIpc) is 2.70. The molecule has 6 heteroatoms. The lowest BCUT2D eigenvalue weighted by Gasteiger charge is -2.29. The number of esters is 1. The maximum atomic E-state index is 12.3. The number of ether oxygens (including phenoxy) is 2. The zero-order chi connectivity index (χ0) is 18.9. The van der Waals surface area contributed by atoms with Crippen molar-refractivity contribution in [2.45, 2.75) is 38.8 Å². The molecule has 2 rings (SSSR count). The number of amides is 1. The summed E-state index contributed by atoms with van der Waals surface area (Å²) in [7, 11) is 1.38. The van der Waals surface area contributed by atoms with Gasteiger partial charge in [0.05, 0.1) is 13.0 Å². The van der Waals surface area contributed by atoms with E-state index in [0.717, 1.165) is 17.6 Å². The number of carbonyl (C=O) groups excluding carboxylic acids is 2. The number of benzene rings is 1. The quantitative estimate of drug-likeness (QED) is 0.597. The summed E-state index contributed by atoms with van der Waals surface area (Å²) in [4.78, 5) is 26.0. The first-order valence-corrected chi connectivity index (χ1v) is 9.02. The van der Waals surface area contributed by atoms with Gasteiger partial charge < -0.3 is 20.1 Å². The second-order valence-corrected chi connectivity index (χ2v) is 6.52. The summed E-state index contributed by atoms with van der Waals surface area (Å²) < 4.78 is 10.3. The van der Waals surface area contributed by atoms with Crippen LogP contribution in [0.25, 0.3) is 0 Å². The van der Waals surface area contributed by atoms with E-state index in [9.17, 15) is 9.59 Å². The van der Waals surface area contributed by atoms with E-state index in [1.165, 1.54) is 7.11 Å². The Morgan fingerprint density at radius 3 is 2.65 bits per heavy atom. The van der Waals surface area contributed by atoms with Crippen LogP contribution in [0.2, 0.25) is 0 Å². The molecule has 0 aliphatic carbocycles. The van der Waals surface area contributed by atoms with Gasteiger partial charge in [-0.2, -0.15) is 0 Å². The van der Waals surface area contributed by atoms with Gasteiger partial charge in [0.25, 0.3) is 0 Å². The molecule has 0 saturated carbocycles. The van der Waals surface area contributed by atoms with Crippen LogP contribution in [0.5, 0.6) is 0 Å². The van der Waals surface area contributed by atoms with E-state index in [1.54, 1.807) is 4.90 Å². The van der Waals surface area contributed by atoms with Gasteiger partial charge in [0.2, 0.25) is 0 Å². The Kier molecular flexibility index (Phi) is 7.66. The molecule has 0 bridgehead atoms. The second kappa shape index (κ2) is 9.97. The average molecular weight is 360 g/mol. The monoisotopic (exact) mass is 360 g/mol. The van der Waals surface area contributed by atoms with Crippen LogP contribution in [0.3, 0.4) is 0 Å². The van der Waals surface area contributed by atoms with Crippen LogP contribution >= 0.6 is 0 Å². The maximum absolute atomic E-state index is 12.3. The van der Waals surface area contributed by atoms with Gasteiger partial charge in [-0.3, -0.25) is 4.79 Å². The van der Waals surface area contributed by atoms with Crippen LogP contribution in [0.4, 0.5) is 4.79 Å². The zero-order valence-corrected chi connectivity index (χ0v) is 15.5. The van der Waals surface area contributed by atoms with Crippen molar-refractivity contribution in [2.24, 2.45) is 11.7 Å². The van der Waals surface area contributed by atoms with Crippen molar-refractivity contribution in [2.75, 3.05) is 20.2 Å². The van der Waals surface area contributed by atoms with Crippen molar-refractivity contribution >= 4 is 12.1 Å². The second-order valence-electron chi connectivity index (χ2n) is 6.52. The molecule has 1 aromatic carbocycles. The SMILES string of the molecule is CC[C@@H](N)[C@@H](CC1=CCCN(C(=O)OCc2ccccc2)C1)C(=O)OC. The lowest BCUT2D eigenvalue weighted by atomic mass is 9.89. The number of hydrogen-bond donors (Lipinski definition) is 1. The predicted octanol–water partition coefficient (Wildman–Crippen LogP) is 2.87. The number of methoxy groups -OCH3 is 1. The predicted molar refractivity (Wildman–Crippen MR) is 99.3 cm³/mol. The first-order chi connectivity index (χ1) is 12.5. The molecule has 0 radical (unpaired) electrons. The van der Waals surface area contributed by atoms with Gasteiger partial charge in [0, 0.05) is 19.1 Å². The highest BCUT2D eigenvalue weighted by Crippen LogP contribution is 2.22. The summed E-state index contributed by atoms with van der Waals surface area (Å²) in [6, 6.07) is 9.32. The third-order valence-corrected chi connectivity index (χ3v) is 4.66. The first-order valence-electron chi connectivity index (χ1n) is 9.02. The Bertz CT molecular complexity index is 630. The number of hydrogen-bond acceptors (Lipinski definition) is 5. The smallest absolute Gasteiger partial charge is 0.410 e. The highest BCUT2D eigenvalue weighted by atomic mass is 16.6. The standard InChI is InChI=1S/C20H28N2O4/c1-3-18(21)17(19(23)25-2)12-16-10-7-11-22(13-16)20(24)26-14-15-8-5-4-6-9-15/h4-6,8-10,17-18H,3,7,11-14,21H2,1-2H3/t17-,18-/m1/s1. The molecule has 26 heavy (non-hydrogen) atoms. The molecule has 1 aliphatic rings. The van der Waals surface area contributed by atoms with Crippen LogP contribution in [0, 0.1) is 5.92 Å². The zero-order valence-electron chi connectivity index (χ0n) is 15.5. The minimum Gasteiger partial charge on any atom is -0.469 e. The van der Waals surface area contributed by atoms with Gasteiger partial charge in [0.15, 0.2) is 0 Å². The number of rotatable bonds is 7. The van der Waals surface area contributed by atoms with Crippen LogP contribution < -0.4 is 5.73 Å². The number of carbonyl (C=O) groups is 2. The van der Waals surface area contributed by atoms with Gasteiger partial charge in [-0.15, -0.1) is 0 Å². The molecule has 0 aromatic heterocycles. The van der Waals surface area contributed by atoms with Crippen molar-refractivity contribution in [3.05, 3.63) is 47.5 Å². The Balaban J connectivity index is 1.91. The largest absolute Gasteiger partial charge is 0.469 e. The first kappa shape index (κ1) is 20.0. The molecule has 1 heterocycles. The Morgan fingerprint density at radius 1 is 1.27 bits per heavy atom. The molecule has 1 aliphatic heterocycles. The third-order valence-electron chi connectivity index (χ3n) is 4.66. The van der Waals surface area contributed by atoms with Gasteiger partial charge >= 0.3 is 12.1 Å². The third kappa shape index (κ3) is 5.59. The summed E-state index contributed by atoms with van der Waals surface area (Å²) in [6.07, 6.45) is 3.68. The number of nitrogens with zero attached hydrogens (tertiary/aromatic N) is 1. The fourth-order valence-corrected chi connectivity index (χ4v) is 3.06. The Labute approximate surface area is 154 Å². The van der Waals surface area contributed by atoms with E-state index in [-0.39, 0.29) is 24.7 Å². The fourth-order valence-electron chi connectivity index (χ4n) is 3.06. The van der Waals surface area contributed by atoms with Gasteiger partial charge in [-0.25, -0.2) is 4.79 Å². The van der Waals surface area contributed by atoms with Crippen molar-refractivity contribution in [1.82, 2.24) is 4.90 Å². The Hall–Kier alpha value is -2.34. The van der Waals surface area contributed by atoms with E-state index in [0.29, 0.717) is 25.9 Å². The number of nitrogens with two attached hydrogens (primary N) is 1. The summed E-state index contributed by atoms with van der Waals surface area (Å²) >= 11 is 0. The summed E-state index contributed by atoms with van der Waals surface area (Å²) in [5.41, 5.74) is 8.06. The van der Waals surface area contributed by atoms with Crippen molar-refractivity contribution < 1.29 is 19.1 Å². The molecule has 0 saturated heterocycles. The van der Waals surface area contributed by atoms with E-state index >= 15 is 0 Å². The molecule has 0 fully saturated rings.